The van der Waals surface area contributed by atoms with E-state index in [9.17, 15) is 18.8 Å². The van der Waals surface area contributed by atoms with Gasteiger partial charge >= 0.3 is 5.97 Å². The number of amides is 1. The number of primary amides is 1. The van der Waals surface area contributed by atoms with Gasteiger partial charge in [0.25, 0.3) is 5.56 Å². The maximum atomic E-state index is 14.2. The molecule has 1 aromatic heterocycles. The molecular weight excluding hydrogens is 421 g/mol. The molecule has 0 fully saturated rings. The maximum absolute atomic E-state index is 14.2. The van der Waals surface area contributed by atoms with E-state index in [4.69, 9.17) is 10.5 Å². The van der Waals surface area contributed by atoms with Crippen LogP contribution in [-0.2, 0) is 22.5 Å². The number of pyridine rings is 1. The van der Waals surface area contributed by atoms with E-state index in [1.807, 2.05) is 0 Å². The van der Waals surface area contributed by atoms with E-state index in [2.05, 4.69) is 21.2 Å². The van der Waals surface area contributed by atoms with Crippen molar-refractivity contribution >= 4 is 39.2 Å². The van der Waals surface area contributed by atoms with Crippen LogP contribution in [0.5, 0.6) is 0 Å². The van der Waals surface area contributed by atoms with E-state index >= 15 is 0 Å². The molecule has 3 N–H and O–H groups in total. The molecule has 9 heteroatoms. The summed E-state index contributed by atoms with van der Waals surface area (Å²) in [4.78, 5) is 35.8. The minimum absolute atomic E-state index is 0.106. The monoisotopic (exact) mass is 437 g/mol. The van der Waals surface area contributed by atoms with E-state index in [-0.39, 0.29) is 35.5 Å². The van der Waals surface area contributed by atoms with E-state index < -0.39 is 17.7 Å². The van der Waals surface area contributed by atoms with Crippen LogP contribution in [0, 0.1) is 5.82 Å². The molecule has 1 aromatic carbocycles. The summed E-state index contributed by atoms with van der Waals surface area (Å²) >= 11 is 3.18. The van der Waals surface area contributed by atoms with Gasteiger partial charge in [-0.25, -0.2) is 9.18 Å². The molecule has 1 amide bonds. The minimum Gasteiger partial charge on any atom is -0.461 e. The summed E-state index contributed by atoms with van der Waals surface area (Å²) < 4.78 is 21.4. The number of hydrogen-bond donors (Lipinski definition) is 2. The van der Waals surface area contributed by atoms with Crippen molar-refractivity contribution in [3.8, 4) is 0 Å². The summed E-state index contributed by atoms with van der Waals surface area (Å²) in [5.74, 6) is -1.83. The van der Waals surface area contributed by atoms with Crippen LogP contribution in [0.25, 0.3) is 0 Å². The van der Waals surface area contributed by atoms with Crippen molar-refractivity contribution in [2.75, 3.05) is 11.9 Å². The minimum atomic E-state index is -0.693. The Morgan fingerprint density at radius 2 is 2.07 bits per heavy atom. The zero-order valence-corrected chi connectivity index (χ0v) is 15.8. The Kier molecular flexibility index (Phi) is 5.59. The van der Waals surface area contributed by atoms with Crippen LogP contribution >= 0.6 is 15.9 Å². The predicted octanol–water partition coefficient (Wildman–Crippen LogP) is 2.47. The van der Waals surface area contributed by atoms with Crippen LogP contribution < -0.4 is 16.6 Å². The number of nitrogens with zero attached hydrogens (tertiary/aromatic N) is 1. The largest absolute Gasteiger partial charge is 0.461 e. The number of nitrogens with two attached hydrogens (primary N) is 1. The van der Waals surface area contributed by atoms with Crippen molar-refractivity contribution in [3.05, 3.63) is 56.2 Å². The van der Waals surface area contributed by atoms with Gasteiger partial charge in [-0.15, -0.1) is 0 Å². The average molecular weight is 438 g/mol. The first-order chi connectivity index (χ1) is 12.9. The molecule has 0 saturated heterocycles. The Bertz CT molecular complexity index is 974. The number of nitrogens with one attached hydrogen (secondary N) is 1. The highest BCUT2D eigenvalue weighted by Gasteiger charge is 2.26. The van der Waals surface area contributed by atoms with Crippen molar-refractivity contribution in [1.82, 2.24) is 4.57 Å². The number of carbonyl (C=O) groups excluding carboxylic acids is 2. The maximum Gasteiger partial charge on any atom is 0.342 e. The van der Waals surface area contributed by atoms with Gasteiger partial charge in [0, 0.05) is 22.8 Å². The second-order valence-corrected chi connectivity index (χ2v) is 6.99. The first kappa shape index (κ1) is 19.1. The topological polar surface area (TPSA) is 103 Å². The number of benzene rings is 1. The molecule has 0 unspecified atom stereocenters. The molecule has 1 aliphatic rings. The van der Waals surface area contributed by atoms with Crippen LogP contribution in [-0.4, -0.2) is 23.1 Å². The number of anilines is 2. The third-order valence-corrected chi connectivity index (χ3v) is 4.69. The van der Waals surface area contributed by atoms with Crippen LogP contribution in [0.2, 0.25) is 0 Å². The number of hydrogen-bond acceptors (Lipinski definition) is 5. The van der Waals surface area contributed by atoms with Gasteiger partial charge in [0.2, 0.25) is 5.91 Å². The highest BCUT2D eigenvalue weighted by Crippen LogP contribution is 2.29. The van der Waals surface area contributed by atoms with Crippen LogP contribution in [0.1, 0.15) is 28.9 Å². The third kappa shape index (κ3) is 4.19. The van der Waals surface area contributed by atoms with Crippen LogP contribution in [0.15, 0.2) is 33.5 Å². The van der Waals surface area contributed by atoms with Crippen molar-refractivity contribution in [2.45, 2.75) is 25.8 Å². The molecule has 0 spiro atoms. The Labute approximate surface area is 162 Å². The molecule has 0 aliphatic carbocycles. The molecule has 3 rings (SSSR count). The van der Waals surface area contributed by atoms with Crippen molar-refractivity contribution in [3.63, 3.8) is 0 Å². The lowest BCUT2D eigenvalue weighted by atomic mass is 10.1. The van der Waals surface area contributed by atoms with Gasteiger partial charge in [0.1, 0.15) is 18.0 Å². The quantitative estimate of drug-likeness (QED) is 0.675. The first-order valence-electron chi connectivity index (χ1n) is 8.31. The molecule has 7 nitrogen and oxygen atoms in total. The Hall–Kier alpha value is -2.68. The molecule has 27 heavy (non-hydrogen) atoms. The number of ether oxygens (including phenoxy) is 1. The molecule has 1 aliphatic heterocycles. The number of esters is 1. The standard InChI is InChI=1S/C18H17BrFN3O4/c19-10-3-4-12(11(20)8-10)22-13-9-16(25)23-6-1-2-14(23)17(13)18(26)27-7-5-15(21)24/h3-4,8-9,22H,1-2,5-7H2,(H2,21,24). The summed E-state index contributed by atoms with van der Waals surface area (Å²) in [6, 6.07) is 5.65. The van der Waals surface area contributed by atoms with Gasteiger partial charge < -0.3 is 20.4 Å². The van der Waals surface area contributed by atoms with Gasteiger partial charge in [0.05, 0.1) is 17.8 Å². The number of carbonyl (C=O) groups is 2. The zero-order chi connectivity index (χ0) is 19.6. The molecular formula is C18H17BrFN3O4. The fraction of sp³-hybridized carbons (Fsp3) is 0.278. The fourth-order valence-corrected chi connectivity index (χ4v) is 3.32. The van der Waals surface area contributed by atoms with Gasteiger partial charge in [-0.3, -0.25) is 9.59 Å². The molecule has 0 saturated carbocycles. The lowest BCUT2D eigenvalue weighted by molar-refractivity contribution is -0.118. The van der Waals surface area contributed by atoms with E-state index in [1.165, 1.54) is 22.8 Å². The second kappa shape index (κ2) is 7.91. The molecule has 2 aromatic rings. The normalized spacial score (nSPS) is 12.5. The van der Waals surface area contributed by atoms with Crippen LogP contribution in [0.4, 0.5) is 15.8 Å². The average Bonchev–Trinajstić information content (AvgIpc) is 3.07. The van der Waals surface area contributed by atoms with E-state index in [0.29, 0.717) is 29.6 Å². The Balaban J connectivity index is 1.99. The van der Waals surface area contributed by atoms with E-state index in [1.54, 1.807) is 6.07 Å². The summed E-state index contributed by atoms with van der Waals surface area (Å²) in [5.41, 5.74) is 5.76. The van der Waals surface area contributed by atoms with Gasteiger partial charge in [0.15, 0.2) is 0 Å². The number of fused-ring (bicyclic) bond motifs is 1. The molecule has 2 heterocycles. The number of rotatable bonds is 6. The highest BCUT2D eigenvalue weighted by atomic mass is 79.9. The van der Waals surface area contributed by atoms with Crippen molar-refractivity contribution < 1.29 is 18.7 Å². The van der Waals surface area contributed by atoms with Gasteiger partial charge in [-0.1, -0.05) is 15.9 Å². The Morgan fingerprint density at radius 3 is 2.78 bits per heavy atom. The van der Waals surface area contributed by atoms with Crippen molar-refractivity contribution in [2.24, 2.45) is 5.73 Å². The molecule has 0 bridgehead atoms. The number of halogens is 2. The Morgan fingerprint density at radius 1 is 1.30 bits per heavy atom. The zero-order valence-electron chi connectivity index (χ0n) is 14.3. The van der Waals surface area contributed by atoms with E-state index in [0.717, 1.165) is 0 Å². The van der Waals surface area contributed by atoms with Crippen molar-refractivity contribution in [1.29, 1.82) is 0 Å². The predicted molar refractivity (Wildman–Crippen MR) is 100 cm³/mol. The lowest BCUT2D eigenvalue weighted by Crippen LogP contribution is -2.24. The summed E-state index contributed by atoms with van der Waals surface area (Å²) in [6.45, 7) is 0.335. The number of aromatic nitrogens is 1. The summed E-state index contributed by atoms with van der Waals surface area (Å²) in [6.07, 6.45) is 1.13. The molecule has 0 atom stereocenters. The highest BCUT2D eigenvalue weighted by molar-refractivity contribution is 9.10. The van der Waals surface area contributed by atoms with Crippen LogP contribution in [0.3, 0.4) is 0 Å². The summed E-state index contributed by atoms with van der Waals surface area (Å²) in [7, 11) is 0. The molecule has 0 radical (unpaired) electrons. The lowest BCUT2D eigenvalue weighted by Gasteiger charge is -2.16. The fourth-order valence-electron chi connectivity index (χ4n) is 2.99. The molecule has 142 valence electrons. The SMILES string of the molecule is NC(=O)CCOC(=O)c1c(Nc2ccc(Br)cc2F)cc(=O)n2c1CCC2. The van der Waals surface area contributed by atoms with Gasteiger partial charge in [-0.05, 0) is 31.0 Å². The second-order valence-electron chi connectivity index (χ2n) is 6.07. The first-order valence-corrected chi connectivity index (χ1v) is 9.10. The smallest absolute Gasteiger partial charge is 0.342 e. The summed E-state index contributed by atoms with van der Waals surface area (Å²) in [5, 5.41) is 2.82. The van der Waals surface area contributed by atoms with Gasteiger partial charge in [-0.2, -0.15) is 0 Å². The third-order valence-electron chi connectivity index (χ3n) is 4.20.